The van der Waals surface area contributed by atoms with Crippen LogP contribution in [0.25, 0.3) is 0 Å². The molecule has 172 valence electrons. The van der Waals surface area contributed by atoms with Gasteiger partial charge in [-0.25, -0.2) is 5.43 Å². The molecule has 1 N–H and O–H groups in total. The minimum atomic E-state index is -0.336. The fraction of sp³-hybridized carbons (Fsp3) is 0.231. The smallest absolute Gasteiger partial charge is 0.271 e. The first-order valence-corrected chi connectivity index (χ1v) is 11.2. The summed E-state index contributed by atoms with van der Waals surface area (Å²) < 4.78 is 17.0. The predicted octanol–water partition coefficient (Wildman–Crippen LogP) is 5.87. The van der Waals surface area contributed by atoms with Crippen molar-refractivity contribution in [3.8, 4) is 17.2 Å². The number of carbonyl (C=O) groups is 1. The average Bonchev–Trinajstić information content (AvgIpc) is 2.84. The van der Waals surface area contributed by atoms with E-state index in [0.717, 1.165) is 23.3 Å². The Balaban J connectivity index is 1.54. The van der Waals surface area contributed by atoms with Gasteiger partial charge in [0.15, 0.2) is 11.5 Å². The first-order valence-electron chi connectivity index (χ1n) is 10.8. The van der Waals surface area contributed by atoms with Crippen LogP contribution in [0.4, 0.5) is 0 Å². The van der Waals surface area contributed by atoms with Gasteiger partial charge >= 0.3 is 0 Å². The van der Waals surface area contributed by atoms with Crippen LogP contribution in [-0.4, -0.2) is 25.3 Å². The van der Waals surface area contributed by atoms with Gasteiger partial charge in [0.25, 0.3) is 5.91 Å². The van der Waals surface area contributed by atoms with Gasteiger partial charge in [0.05, 0.1) is 19.4 Å². The molecule has 7 heteroatoms. The summed E-state index contributed by atoms with van der Waals surface area (Å²) in [6.45, 7) is 5.43. The van der Waals surface area contributed by atoms with Crippen molar-refractivity contribution >= 4 is 23.7 Å². The summed E-state index contributed by atoms with van der Waals surface area (Å²) in [6.07, 6.45) is 2.46. The van der Waals surface area contributed by atoms with Gasteiger partial charge in [0, 0.05) is 10.6 Å². The Kier molecular flexibility index (Phi) is 9.15. The van der Waals surface area contributed by atoms with Crippen molar-refractivity contribution in [2.45, 2.75) is 26.9 Å². The van der Waals surface area contributed by atoms with Gasteiger partial charge < -0.3 is 14.2 Å². The molecule has 3 aromatic carbocycles. The molecule has 0 unspecified atom stereocenters. The summed E-state index contributed by atoms with van der Waals surface area (Å²) in [5.74, 6) is 1.56. The summed E-state index contributed by atoms with van der Waals surface area (Å²) in [5, 5.41) is 4.74. The third kappa shape index (κ3) is 7.54. The van der Waals surface area contributed by atoms with Gasteiger partial charge in [-0.05, 0) is 79.1 Å². The summed E-state index contributed by atoms with van der Waals surface area (Å²) >= 11 is 5.89. The van der Waals surface area contributed by atoms with Gasteiger partial charge in [0.2, 0.25) is 0 Å². The highest BCUT2D eigenvalue weighted by Gasteiger charge is 2.11. The van der Waals surface area contributed by atoms with Crippen LogP contribution in [0.3, 0.4) is 0 Å². The Morgan fingerprint density at radius 2 is 1.70 bits per heavy atom. The minimum absolute atomic E-state index is 0.336. The zero-order chi connectivity index (χ0) is 23.5. The van der Waals surface area contributed by atoms with Crippen LogP contribution in [0.1, 0.15) is 41.8 Å². The third-order valence-electron chi connectivity index (χ3n) is 4.55. The van der Waals surface area contributed by atoms with Crippen molar-refractivity contribution < 1.29 is 19.0 Å². The van der Waals surface area contributed by atoms with E-state index < -0.39 is 0 Å². The average molecular weight is 467 g/mol. The molecule has 0 atom stereocenters. The van der Waals surface area contributed by atoms with E-state index in [-0.39, 0.29) is 5.91 Å². The summed E-state index contributed by atoms with van der Waals surface area (Å²) in [5.41, 5.74) is 4.83. The number of hydrogen-bond donors (Lipinski definition) is 1. The zero-order valence-electron chi connectivity index (χ0n) is 18.7. The highest BCUT2D eigenvalue weighted by Crippen LogP contribution is 2.28. The van der Waals surface area contributed by atoms with Crippen LogP contribution >= 0.6 is 11.6 Å². The lowest BCUT2D eigenvalue weighted by molar-refractivity contribution is 0.0954. The Morgan fingerprint density at radius 3 is 2.39 bits per heavy atom. The summed E-state index contributed by atoms with van der Waals surface area (Å²) in [6, 6.07) is 20.0. The van der Waals surface area contributed by atoms with Crippen molar-refractivity contribution in [3.05, 3.63) is 88.4 Å². The van der Waals surface area contributed by atoms with Gasteiger partial charge in [-0.2, -0.15) is 5.10 Å². The lowest BCUT2D eigenvalue weighted by Crippen LogP contribution is -2.17. The molecule has 1 amide bonds. The molecule has 3 rings (SSSR count). The van der Waals surface area contributed by atoms with Crippen LogP contribution in [0.15, 0.2) is 71.8 Å². The molecule has 33 heavy (non-hydrogen) atoms. The van der Waals surface area contributed by atoms with E-state index in [1.807, 2.05) is 62.4 Å². The Morgan fingerprint density at radius 1 is 0.939 bits per heavy atom. The van der Waals surface area contributed by atoms with Crippen molar-refractivity contribution in [1.29, 1.82) is 0 Å². The fourth-order valence-electron chi connectivity index (χ4n) is 2.88. The molecule has 0 aliphatic rings. The second-order valence-electron chi connectivity index (χ2n) is 7.13. The third-order valence-corrected chi connectivity index (χ3v) is 4.80. The SMILES string of the molecule is CCCOc1ccc(C(=O)N/N=C/c2ccc(OCc3ccc(Cl)cc3)cc2)cc1OCC. The molecule has 0 bridgehead atoms. The van der Waals surface area contributed by atoms with Crippen molar-refractivity contribution in [3.63, 3.8) is 0 Å². The Bertz CT molecular complexity index is 1070. The molecule has 0 aliphatic heterocycles. The number of halogens is 1. The first-order chi connectivity index (χ1) is 16.1. The highest BCUT2D eigenvalue weighted by atomic mass is 35.5. The molecule has 0 saturated carbocycles. The van der Waals surface area contributed by atoms with E-state index in [2.05, 4.69) is 10.5 Å². The Hall–Kier alpha value is -3.51. The number of carbonyl (C=O) groups excluding carboxylic acids is 1. The first kappa shape index (κ1) is 24.1. The molecule has 0 aromatic heterocycles. The second kappa shape index (κ2) is 12.5. The van der Waals surface area contributed by atoms with Crippen LogP contribution in [0.5, 0.6) is 17.2 Å². The van der Waals surface area contributed by atoms with Crippen LogP contribution in [0.2, 0.25) is 5.02 Å². The van der Waals surface area contributed by atoms with Gasteiger partial charge in [0.1, 0.15) is 12.4 Å². The number of nitrogens with zero attached hydrogens (tertiary/aromatic N) is 1. The summed E-state index contributed by atoms with van der Waals surface area (Å²) in [7, 11) is 0. The molecule has 0 heterocycles. The molecular weight excluding hydrogens is 440 g/mol. The lowest BCUT2D eigenvalue weighted by atomic mass is 10.2. The zero-order valence-corrected chi connectivity index (χ0v) is 19.5. The maximum atomic E-state index is 12.5. The van der Waals surface area contributed by atoms with Crippen LogP contribution in [0, 0.1) is 0 Å². The molecule has 0 radical (unpaired) electrons. The second-order valence-corrected chi connectivity index (χ2v) is 7.56. The molecule has 0 fully saturated rings. The van der Waals surface area contributed by atoms with E-state index in [4.69, 9.17) is 25.8 Å². The van der Waals surface area contributed by atoms with E-state index in [0.29, 0.717) is 41.9 Å². The van der Waals surface area contributed by atoms with E-state index in [1.54, 1.807) is 24.4 Å². The van der Waals surface area contributed by atoms with Crippen molar-refractivity contribution in [2.75, 3.05) is 13.2 Å². The molecule has 3 aromatic rings. The van der Waals surface area contributed by atoms with Crippen molar-refractivity contribution in [2.24, 2.45) is 5.10 Å². The quantitative estimate of drug-likeness (QED) is 0.283. The lowest BCUT2D eigenvalue weighted by Gasteiger charge is -2.12. The molecular formula is C26H27ClN2O4. The number of ether oxygens (including phenoxy) is 3. The summed E-state index contributed by atoms with van der Waals surface area (Å²) in [4.78, 5) is 12.5. The Labute approximate surface area is 199 Å². The molecule has 6 nitrogen and oxygen atoms in total. The number of amides is 1. The van der Waals surface area contributed by atoms with Crippen molar-refractivity contribution in [1.82, 2.24) is 5.43 Å². The number of hydrazone groups is 1. The number of hydrogen-bond acceptors (Lipinski definition) is 5. The predicted molar refractivity (Wildman–Crippen MR) is 131 cm³/mol. The van der Waals surface area contributed by atoms with Gasteiger partial charge in [-0.1, -0.05) is 30.7 Å². The van der Waals surface area contributed by atoms with E-state index in [9.17, 15) is 4.79 Å². The molecule has 0 aliphatic carbocycles. The van der Waals surface area contributed by atoms with Gasteiger partial charge in [-0.3, -0.25) is 4.79 Å². The molecule has 0 saturated heterocycles. The van der Waals surface area contributed by atoms with Crippen LogP contribution in [-0.2, 0) is 6.61 Å². The van der Waals surface area contributed by atoms with E-state index >= 15 is 0 Å². The largest absolute Gasteiger partial charge is 0.490 e. The number of benzene rings is 3. The minimum Gasteiger partial charge on any atom is -0.490 e. The van der Waals surface area contributed by atoms with Crippen LogP contribution < -0.4 is 19.6 Å². The van der Waals surface area contributed by atoms with E-state index in [1.165, 1.54) is 0 Å². The maximum absolute atomic E-state index is 12.5. The number of rotatable bonds is 11. The monoisotopic (exact) mass is 466 g/mol. The number of nitrogens with one attached hydrogen (secondary N) is 1. The normalized spacial score (nSPS) is 10.8. The topological polar surface area (TPSA) is 69.2 Å². The highest BCUT2D eigenvalue weighted by molar-refractivity contribution is 6.30. The fourth-order valence-corrected chi connectivity index (χ4v) is 3.00. The standard InChI is InChI=1S/C26H27ClN2O4/c1-3-15-32-24-14-9-21(16-25(24)31-4-2)26(30)29-28-17-19-7-12-23(13-8-19)33-18-20-5-10-22(27)11-6-20/h5-14,16-17H,3-4,15,18H2,1-2H3,(H,29,30)/b28-17+. The maximum Gasteiger partial charge on any atom is 0.271 e. The van der Waals surface area contributed by atoms with Gasteiger partial charge in [-0.15, -0.1) is 0 Å². The molecule has 0 spiro atoms.